The molecule has 7 heteroatoms. The number of aliphatic hydroxyl groups excluding tert-OH is 1. The lowest BCUT2D eigenvalue weighted by Crippen LogP contribution is -2.59. The number of nitrogens with zero attached hydrogens (tertiary/aromatic N) is 2. The Kier molecular flexibility index (Phi) is 7.22. The van der Waals surface area contributed by atoms with Crippen LogP contribution in [-0.2, 0) is 9.47 Å². The summed E-state index contributed by atoms with van der Waals surface area (Å²) in [4.78, 5) is 6.48. The second kappa shape index (κ2) is 8.41. The van der Waals surface area contributed by atoms with E-state index in [1.807, 2.05) is 25.7 Å². The molecule has 20 heavy (non-hydrogen) atoms. The van der Waals surface area contributed by atoms with E-state index in [0.717, 1.165) is 13.0 Å². The van der Waals surface area contributed by atoms with Gasteiger partial charge in [-0.25, -0.2) is 5.84 Å². The molecule has 1 unspecified atom stereocenters. The third-order valence-electron chi connectivity index (χ3n) is 3.03. The summed E-state index contributed by atoms with van der Waals surface area (Å²) in [5.41, 5.74) is 2.30. The maximum Gasteiger partial charge on any atom is 0.208 e. The highest BCUT2D eigenvalue weighted by Crippen LogP contribution is 2.20. The number of aliphatic hydroxyl groups is 1. The summed E-state index contributed by atoms with van der Waals surface area (Å²) < 4.78 is 11.0. The van der Waals surface area contributed by atoms with Crippen LogP contribution in [0.15, 0.2) is 4.99 Å². The Morgan fingerprint density at radius 2 is 2.35 bits per heavy atom. The molecule has 0 aliphatic carbocycles. The SMILES string of the molecule is CCOCCCN=C(NN)N1CC(CO)OC(C)(C)C1. The van der Waals surface area contributed by atoms with Crippen LogP contribution in [0, 0.1) is 0 Å². The molecule has 0 aromatic carbocycles. The van der Waals surface area contributed by atoms with E-state index in [2.05, 4.69) is 10.4 Å². The number of nitrogens with two attached hydrogens (primary N) is 1. The molecule has 0 aromatic heterocycles. The zero-order chi connectivity index (χ0) is 15.0. The molecule has 1 atom stereocenters. The summed E-state index contributed by atoms with van der Waals surface area (Å²) in [6, 6.07) is 0. The lowest BCUT2D eigenvalue weighted by atomic mass is 10.1. The minimum absolute atomic E-state index is 0.0118. The van der Waals surface area contributed by atoms with E-state index >= 15 is 0 Å². The van der Waals surface area contributed by atoms with Crippen molar-refractivity contribution in [2.75, 3.05) is 39.5 Å². The minimum Gasteiger partial charge on any atom is -0.394 e. The number of rotatable bonds is 6. The van der Waals surface area contributed by atoms with Crippen LogP contribution in [0.2, 0.25) is 0 Å². The van der Waals surface area contributed by atoms with E-state index in [9.17, 15) is 5.11 Å². The number of morpholine rings is 1. The van der Waals surface area contributed by atoms with Crippen molar-refractivity contribution in [3.05, 3.63) is 0 Å². The summed E-state index contributed by atoms with van der Waals surface area (Å²) in [7, 11) is 0. The van der Waals surface area contributed by atoms with Gasteiger partial charge in [0.15, 0.2) is 0 Å². The molecule has 0 radical (unpaired) electrons. The van der Waals surface area contributed by atoms with Crippen LogP contribution in [0.25, 0.3) is 0 Å². The Morgan fingerprint density at radius 1 is 1.60 bits per heavy atom. The molecule has 0 aromatic rings. The van der Waals surface area contributed by atoms with Crippen molar-refractivity contribution >= 4 is 5.96 Å². The highest BCUT2D eigenvalue weighted by atomic mass is 16.5. The van der Waals surface area contributed by atoms with Gasteiger partial charge in [0.1, 0.15) is 0 Å². The van der Waals surface area contributed by atoms with Crippen molar-refractivity contribution in [1.29, 1.82) is 0 Å². The van der Waals surface area contributed by atoms with Gasteiger partial charge in [-0.1, -0.05) is 0 Å². The Labute approximate surface area is 121 Å². The number of guanidine groups is 1. The van der Waals surface area contributed by atoms with E-state index in [1.54, 1.807) is 0 Å². The monoisotopic (exact) mass is 288 g/mol. The van der Waals surface area contributed by atoms with Crippen molar-refractivity contribution in [2.45, 2.75) is 38.9 Å². The number of nitrogens with one attached hydrogen (secondary N) is 1. The quantitative estimate of drug-likeness (QED) is 0.204. The molecule has 7 nitrogen and oxygen atoms in total. The third-order valence-corrected chi connectivity index (χ3v) is 3.03. The maximum absolute atomic E-state index is 9.31. The number of ether oxygens (including phenoxy) is 2. The van der Waals surface area contributed by atoms with Crippen molar-refractivity contribution < 1.29 is 14.6 Å². The summed E-state index contributed by atoms with van der Waals surface area (Å²) in [6.07, 6.45) is 0.636. The van der Waals surface area contributed by atoms with E-state index in [-0.39, 0.29) is 18.3 Å². The maximum atomic E-state index is 9.31. The summed E-state index contributed by atoms with van der Waals surface area (Å²) in [6.45, 7) is 9.28. The van der Waals surface area contributed by atoms with Crippen LogP contribution in [0.3, 0.4) is 0 Å². The lowest BCUT2D eigenvalue weighted by Gasteiger charge is -2.43. The van der Waals surface area contributed by atoms with Crippen LogP contribution in [0.5, 0.6) is 0 Å². The molecule has 1 aliphatic rings. The molecule has 1 fully saturated rings. The second-order valence-electron chi connectivity index (χ2n) is 5.46. The first kappa shape index (κ1) is 17.2. The molecule has 1 saturated heterocycles. The largest absolute Gasteiger partial charge is 0.394 e. The van der Waals surface area contributed by atoms with Crippen molar-refractivity contribution in [2.24, 2.45) is 10.8 Å². The van der Waals surface area contributed by atoms with Crippen LogP contribution < -0.4 is 11.3 Å². The van der Waals surface area contributed by atoms with Crippen LogP contribution in [0.1, 0.15) is 27.2 Å². The highest BCUT2D eigenvalue weighted by molar-refractivity contribution is 5.79. The number of hydrogen-bond donors (Lipinski definition) is 3. The third kappa shape index (κ3) is 5.62. The van der Waals surface area contributed by atoms with Crippen LogP contribution in [0.4, 0.5) is 0 Å². The zero-order valence-corrected chi connectivity index (χ0v) is 12.8. The van der Waals surface area contributed by atoms with Gasteiger partial charge in [-0.2, -0.15) is 0 Å². The average molecular weight is 288 g/mol. The van der Waals surface area contributed by atoms with Crippen LogP contribution >= 0.6 is 0 Å². The van der Waals surface area contributed by atoms with Gasteiger partial charge >= 0.3 is 0 Å². The van der Waals surface area contributed by atoms with Gasteiger partial charge in [0.05, 0.1) is 18.3 Å². The van der Waals surface area contributed by atoms with Crippen molar-refractivity contribution in [1.82, 2.24) is 10.3 Å². The van der Waals surface area contributed by atoms with Gasteiger partial charge in [0.25, 0.3) is 0 Å². The first-order valence-electron chi connectivity index (χ1n) is 7.15. The predicted molar refractivity (Wildman–Crippen MR) is 78.3 cm³/mol. The Bertz CT molecular complexity index is 310. The fourth-order valence-electron chi connectivity index (χ4n) is 2.28. The van der Waals surface area contributed by atoms with Gasteiger partial charge in [-0.05, 0) is 27.2 Å². The topological polar surface area (TPSA) is 92.3 Å². The van der Waals surface area contributed by atoms with Gasteiger partial charge in [-0.15, -0.1) is 0 Å². The van der Waals surface area contributed by atoms with Gasteiger partial charge in [-0.3, -0.25) is 10.4 Å². The molecule has 118 valence electrons. The molecule has 0 amide bonds. The van der Waals surface area contributed by atoms with E-state index < -0.39 is 0 Å². The first-order valence-corrected chi connectivity index (χ1v) is 7.15. The fourth-order valence-corrected chi connectivity index (χ4v) is 2.28. The predicted octanol–water partition coefficient (Wildman–Crippen LogP) is -0.296. The van der Waals surface area contributed by atoms with Gasteiger partial charge in [0, 0.05) is 32.8 Å². The van der Waals surface area contributed by atoms with Crippen LogP contribution in [-0.4, -0.2) is 67.1 Å². The number of hydrazine groups is 1. The normalized spacial score (nSPS) is 22.9. The molecular weight excluding hydrogens is 260 g/mol. The standard InChI is InChI=1S/C13H28N4O3/c1-4-19-7-5-6-15-12(16-14)17-8-11(9-18)20-13(2,3)10-17/h11,18H,4-10,14H2,1-3H3,(H,15,16). The molecule has 0 spiro atoms. The lowest BCUT2D eigenvalue weighted by molar-refractivity contribution is -0.135. The summed E-state index contributed by atoms with van der Waals surface area (Å²) in [5.74, 6) is 6.20. The Morgan fingerprint density at radius 3 is 2.95 bits per heavy atom. The highest BCUT2D eigenvalue weighted by Gasteiger charge is 2.34. The molecule has 1 aliphatic heterocycles. The fraction of sp³-hybridized carbons (Fsp3) is 0.923. The summed E-state index contributed by atoms with van der Waals surface area (Å²) >= 11 is 0. The number of hydrogen-bond acceptors (Lipinski definition) is 5. The molecular formula is C13H28N4O3. The van der Waals surface area contributed by atoms with Gasteiger partial charge in [0.2, 0.25) is 5.96 Å². The zero-order valence-electron chi connectivity index (χ0n) is 12.8. The Balaban J connectivity index is 2.56. The van der Waals surface area contributed by atoms with Crippen molar-refractivity contribution in [3.63, 3.8) is 0 Å². The molecule has 1 heterocycles. The van der Waals surface area contributed by atoms with Gasteiger partial charge < -0.3 is 19.5 Å². The minimum atomic E-state index is -0.339. The first-order chi connectivity index (χ1) is 9.52. The molecule has 1 rings (SSSR count). The second-order valence-corrected chi connectivity index (χ2v) is 5.46. The molecule has 0 bridgehead atoms. The number of aliphatic imine (C=N–C) groups is 1. The average Bonchev–Trinajstić information content (AvgIpc) is 2.41. The molecule has 4 N–H and O–H groups in total. The van der Waals surface area contributed by atoms with E-state index in [1.165, 1.54) is 0 Å². The van der Waals surface area contributed by atoms with E-state index in [4.69, 9.17) is 15.3 Å². The van der Waals surface area contributed by atoms with E-state index in [0.29, 0.717) is 32.2 Å². The van der Waals surface area contributed by atoms with Crippen molar-refractivity contribution in [3.8, 4) is 0 Å². The Hall–Kier alpha value is -0.890. The molecule has 0 saturated carbocycles. The smallest absolute Gasteiger partial charge is 0.208 e. The summed E-state index contributed by atoms with van der Waals surface area (Å²) in [5, 5.41) is 9.31.